The fourth-order valence-electron chi connectivity index (χ4n) is 4.02. The van der Waals surface area contributed by atoms with Gasteiger partial charge in [-0.1, -0.05) is 0 Å². The molecule has 0 aliphatic carbocycles. The van der Waals surface area contributed by atoms with Crippen LogP contribution < -0.4 is 23.8 Å². The summed E-state index contributed by atoms with van der Waals surface area (Å²) in [5.41, 5.74) is 0.357. The highest BCUT2D eigenvalue weighted by molar-refractivity contribution is 7.92. The van der Waals surface area contributed by atoms with Crippen molar-refractivity contribution < 1.29 is 27.4 Å². The van der Waals surface area contributed by atoms with E-state index in [4.69, 9.17) is 14.2 Å². The largest absolute Gasteiger partial charge is 0.494 e. The Kier molecular flexibility index (Phi) is 9.62. The van der Waals surface area contributed by atoms with Gasteiger partial charge in [0.05, 0.1) is 31.4 Å². The predicted octanol–water partition coefficient (Wildman–Crippen LogP) is 2.90. The standard InChI is InChI=1S/C25H35N3O6S/c1-4-34-21-10-8-20(9-11-21)28(19-25(29)26-14-7-17-27-15-5-6-16-27)35(30,31)22-12-13-23(32-2)24(18-22)33-3/h8-13,18H,4-7,14-17,19H2,1-3H3,(H,26,29). The molecule has 1 aliphatic heterocycles. The number of rotatable bonds is 13. The SMILES string of the molecule is CCOc1ccc(N(CC(=O)NCCCN2CCCC2)S(=O)(=O)c2ccc(OC)c(OC)c2)cc1. The van der Waals surface area contributed by atoms with Crippen LogP contribution in [0.25, 0.3) is 0 Å². The van der Waals surface area contributed by atoms with Crippen LogP contribution in [-0.4, -0.2) is 72.8 Å². The quantitative estimate of drug-likeness (QED) is 0.418. The molecule has 0 radical (unpaired) electrons. The Bertz CT molecular complexity index is 1070. The molecular weight excluding hydrogens is 470 g/mol. The van der Waals surface area contributed by atoms with Gasteiger partial charge in [-0.3, -0.25) is 9.10 Å². The molecule has 1 aliphatic rings. The topological polar surface area (TPSA) is 97.4 Å². The zero-order valence-corrected chi connectivity index (χ0v) is 21.5. The minimum absolute atomic E-state index is 0.00846. The molecule has 1 saturated heterocycles. The van der Waals surface area contributed by atoms with Gasteiger partial charge in [-0.25, -0.2) is 8.42 Å². The van der Waals surface area contributed by atoms with Crippen LogP contribution >= 0.6 is 0 Å². The normalized spacial score (nSPS) is 13.9. The second kappa shape index (κ2) is 12.6. The number of ether oxygens (including phenoxy) is 3. The third-order valence-corrected chi connectivity index (χ3v) is 7.61. The van der Waals surface area contributed by atoms with Crippen molar-refractivity contribution in [1.29, 1.82) is 0 Å². The number of amides is 1. The third kappa shape index (κ3) is 7.02. The Labute approximate surface area is 208 Å². The highest BCUT2D eigenvalue weighted by Gasteiger charge is 2.28. The summed E-state index contributed by atoms with van der Waals surface area (Å²) in [6.45, 7) is 5.62. The number of nitrogens with zero attached hydrogens (tertiary/aromatic N) is 2. The Morgan fingerprint density at radius 1 is 1.03 bits per heavy atom. The molecule has 0 atom stereocenters. The minimum atomic E-state index is -4.09. The second-order valence-electron chi connectivity index (χ2n) is 8.21. The fraction of sp³-hybridized carbons (Fsp3) is 0.480. The van der Waals surface area contributed by atoms with Crippen molar-refractivity contribution in [2.45, 2.75) is 31.1 Å². The van der Waals surface area contributed by atoms with E-state index in [1.807, 2.05) is 6.92 Å². The number of methoxy groups -OCH3 is 2. The number of carbonyl (C=O) groups excluding carboxylic acids is 1. The van der Waals surface area contributed by atoms with Gasteiger partial charge in [0.1, 0.15) is 12.3 Å². The number of sulfonamides is 1. The molecule has 9 nitrogen and oxygen atoms in total. The lowest BCUT2D eigenvalue weighted by atomic mass is 10.3. The summed E-state index contributed by atoms with van der Waals surface area (Å²) in [6, 6.07) is 11.0. The number of likely N-dealkylation sites (tertiary alicyclic amines) is 1. The predicted molar refractivity (Wildman–Crippen MR) is 135 cm³/mol. The molecule has 0 saturated carbocycles. The Morgan fingerprint density at radius 3 is 2.34 bits per heavy atom. The Hall–Kier alpha value is -2.98. The summed E-state index contributed by atoms with van der Waals surface area (Å²) in [5, 5.41) is 2.86. The van der Waals surface area contributed by atoms with Crippen molar-refractivity contribution in [3.8, 4) is 17.2 Å². The van der Waals surface area contributed by atoms with Gasteiger partial charge in [-0.2, -0.15) is 0 Å². The molecule has 192 valence electrons. The van der Waals surface area contributed by atoms with Crippen LogP contribution in [0.3, 0.4) is 0 Å². The molecule has 0 aromatic heterocycles. The molecule has 2 aromatic rings. The molecule has 0 unspecified atom stereocenters. The molecule has 2 aromatic carbocycles. The van der Waals surface area contributed by atoms with Crippen LogP contribution in [0.4, 0.5) is 5.69 Å². The number of anilines is 1. The summed E-state index contributed by atoms with van der Waals surface area (Å²) in [6.07, 6.45) is 3.26. The Morgan fingerprint density at radius 2 is 1.71 bits per heavy atom. The summed E-state index contributed by atoms with van der Waals surface area (Å²) in [4.78, 5) is 15.2. The van der Waals surface area contributed by atoms with E-state index in [0.29, 0.717) is 30.3 Å². The van der Waals surface area contributed by atoms with Gasteiger partial charge in [0, 0.05) is 12.6 Å². The van der Waals surface area contributed by atoms with Gasteiger partial charge in [0.15, 0.2) is 11.5 Å². The maximum absolute atomic E-state index is 13.7. The molecule has 1 amide bonds. The summed E-state index contributed by atoms with van der Waals surface area (Å²) >= 11 is 0. The first-order valence-corrected chi connectivity index (χ1v) is 13.3. The monoisotopic (exact) mass is 505 g/mol. The summed E-state index contributed by atoms with van der Waals surface area (Å²) < 4.78 is 44.4. The molecule has 1 N–H and O–H groups in total. The van der Waals surface area contributed by atoms with Crippen molar-refractivity contribution in [3.63, 3.8) is 0 Å². The van der Waals surface area contributed by atoms with Gasteiger partial charge in [-0.05, 0) is 82.2 Å². The average molecular weight is 506 g/mol. The van der Waals surface area contributed by atoms with E-state index in [0.717, 1.165) is 30.4 Å². The van der Waals surface area contributed by atoms with Crippen LogP contribution in [0, 0.1) is 0 Å². The number of hydrogen-bond donors (Lipinski definition) is 1. The van der Waals surface area contributed by atoms with Gasteiger partial charge in [0.2, 0.25) is 5.91 Å². The van der Waals surface area contributed by atoms with Crippen LogP contribution in [0.15, 0.2) is 47.4 Å². The molecule has 35 heavy (non-hydrogen) atoms. The van der Waals surface area contributed by atoms with Crippen LogP contribution in [0.2, 0.25) is 0 Å². The van der Waals surface area contributed by atoms with E-state index < -0.39 is 10.0 Å². The molecule has 0 bridgehead atoms. The first-order valence-electron chi connectivity index (χ1n) is 11.9. The molecule has 1 fully saturated rings. The van der Waals surface area contributed by atoms with Gasteiger partial charge in [0.25, 0.3) is 10.0 Å². The highest BCUT2D eigenvalue weighted by atomic mass is 32.2. The maximum atomic E-state index is 13.7. The van der Waals surface area contributed by atoms with E-state index in [-0.39, 0.29) is 23.1 Å². The van der Waals surface area contributed by atoms with E-state index in [1.165, 1.54) is 45.3 Å². The second-order valence-corrected chi connectivity index (χ2v) is 10.1. The van der Waals surface area contributed by atoms with E-state index in [1.54, 1.807) is 24.3 Å². The Balaban J connectivity index is 1.79. The van der Waals surface area contributed by atoms with Crippen molar-refractivity contribution >= 4 is 21.6 Å². The van der Waals surface area contributed by atoms with Crippen molar-refractivity contribution in [1.82, 2.24) is 10.2 Å². The molecular formula is C25H35N3O6S. The summed E-state index contributed by atoms with van der Waals surface area (Å²) in [7, 11) is -1.17. The molecule has 10 heteroatoms. The van der Waals surface area contributed by atoms with Crippen molar-refractivity contribution in [2.24, 2.45) is 0 Å². The van der Waals surface area contributed by atoms with Gasteiger partial charge < -0.3 is 24.4 Å². The van der Waals surface area contributed by atoms with Crippen LogP contribution in [0.1, 0.15) is 26.2 Å². The first-order chi connectivity index (χ1) is 16.9. The van der Waals surface area contributed by atoms with E-state index >= 15 is 0 Å². The van der Waals surface area contributed by atoms with E-state index in [9.17, 15) is 13.2 Å². The summed E-state index contributed by atoms with van der Waals surface area (Å²) in [5.74, 6) is 0.942. The minimum Gasteiger partial charge on any atom is -0.494 e. The number of carbonyl (C=O) groups is 1. The molecule has 3 rings (SSSR count). The first kappa shape index (κ1) is 26.6. The van der Waals surface area contributed by atoms with Gasteiger partial charge in [-0.15, -0.1) is 0 Å². The maximum Gasteiger partial charge on any atom is 0.264 e. The lowest BCUT2D eigenvalue weighted by molar-refractivity contribution is -0.119. The van der Waals surface area contributed by atoms with Gasteiger partial charge >= 0.3 is 0 Å². The van der Waals surface area contributed by atoms with Crippen LogP contribution in [-0.2, 0) is 14.8 Å². The molecule has 1 heterocycles. The number of hydrogen-bond acceptors (Lipinski definition) is 7. The zero-order valence-electron chi connectivity index (χ0n) is 20.7. The lowest BCUT2D eigenvalue weighted by Gasteiger charge is -2.25. The van der Waals surface area contributed by atoms with Crippen molar-refractivity contribution in [2.75, 3.05) is 57.9 Å². The zero-order chi connectivity index (χ0) is 25.3. The molecule has 0 spiro atoms. The number of benzene rings is 2. The average Bonchev–Trinajstić information content (AvgIpc) is 3.39. The van der Waals surface area contributed by atoms with Crippen LogP contribution in [0.5, 0.6) is 17.2 Å². The third-order valence-electron chi connectivity index (χ3n) is 5.84. The number of nitrogens with one attached hydrogen (secondary N) is 1. The van der Waals surface area contributed by atoms with E-state index in [2.05, 4.69) is 10.2 Å². The highest BCUT2D eigenvalue weighted by Crippen LogP contribution is 2.32. The lowest BCUT2D eigenvalue weighted by Crippen LogP contribution is -2.41. The van der Waals surface area contributed by atoms with Crippen molar-refractivity contribution in [3.05, 3.63) is 42.5 Å². The fourth-order valence-corrected chi connectivity index (χ4v) is 5.45. The smallest absolute Gasteiger partial charge is 0.264 e.